The molecule has 1 spiro atoms. The van der Waals surface area contributed by atoms with Gasteiger partial charge in [-0.2, -0.15) is 20.5 Å². The van der Waals surface area contributed by atoms with Crippen LogP contribution in [0.3, 0.4) is 0 Å². The fraction of sp³-hybridized carbons (Fsp3) is 0.655. The smallest absolute Gasteiger partial charge is 0.320 e. The molecule has 5 fully saturated rings. The van der Waals surface area contributed by atoms with Crippen LogP contribution in [0.2, 0.25) is 0 Å². The first kappa shape index (κ1) is 26.8. The lowest BCUT2D eigenvalue weighted by Gasteiger charge is -2.49. The van der Waals surface area contributed by atoms with Crippen LogP contribution in [0.1, 0.15) is 47.3 Å². The van der Waals surface area contributed by atoms with Gasteiger partial charge in [-0.25, -0.2) is 0 Å². The number of nitrogen functional groups attached to an aromatic ring is 1. The Hall–Kier alpha value is -2.81. The quantitative estimate of drug-likeness (QED) is 0.478. The number of rotatable bonds is 7. The molecule has 220 valence electrons. The first-order valence-electron chi connectivity index (χ1n) is 14.9. The summed E-state index contributed by atoms with van der Waals surface area (Å²) in [6.07, 6.45) is 4.57. The first-order valence-corrected chi connectivity index (χ1v) is 16.7. The molecule has 6 aliphatic rings. The average Bonchev–Trinajstić information content (AvgIpc) is 3.35. The van der Waals surface area contributed by atoms with Crippen molar-refractivity contribution < 1.29 is 9.47 Å². The van der Waals surface area contributed by atoms with Crippen LogP contribution < -0.4 is 25.6 Å². The Morgan fingerprint density at radius 3 is 2.38 bits per heavy atom. The molecule has 2 aromatic rings. The van der Waals surface area contributed by atoms with Gasteiger partial charge in [-0.05, 0) is 25.7 Å². The maximum atomic E-state index is 10.5. The highest BCUT2D eigenvalue weighted by Gasteiger charge is 2.53. The highest BCUT2D eigenvalue weighted by molar-refractivity contribution is 8.00. The van der Waals surface area contributed by atoms with Gasteiger partial charge in [0.25, 0.3) is 0 Å². The molecule has 8 rings (SSSR count). The minimum atomic E-state index is -0.197. The van der Waals surface area contributed by atoms with Crippen LogP contribution in [0.5, 0.6) is 6.01 Å². The predicted octanol–water partition coefficient (Wildman–Crippen LogP) is 2.26. The minimum Gasteiger partial charge on any atom is -0.463 e. The molecule has 1 aliphatic carbocycles. The van der Waals surface area contributed by atoms with Gasteiger partial charge >= 0.3 is 6.01 Å². The molecule has 1 saturated carbocycles. The molecule has 42 heavy (non-hydrogen) atoms. The van der Waals surface area contributed by atoms with Gasteiger partial charge in [0, 0.05) is 79.5 Å². The van der Waals surface area contributed by atoms with Crippen LogP contribution in [-0.2, 0) is 15.2 Å². The summed E-state index contributed by atoms with van der Waals surface area (Å²) in [5, 5.41) is 24.6. The van der Waals surface area contributed by atoms with E-state index < -0.39 is 0 Å². The highest BCUT2D eigenvalue weighted by atomic mass is 32.2. The molecule has 0 amide bonds. The molecule has 0 unspecified atom stereocenters. The topological polar surface area (TPSA) is 140 Å². The maximum absolute atomic E-state index is 10.5. The molecule has 4 saturated heterocycles. The van der Waals surface area contributed by atoms with Gasteiger partial charge in [-0.15, -0.1) is 23.1 Å². The van der Waals surface area contributed by atoms with Gasteiger partial charge in [0.2, 0.25) is 0 Å². The van der Waals surface area contributed by atoms with Crippen molar-refractivity contribution in [2.24, 2.45) is 5.41 Å². The van der Waals surface area contributed by atoms with Crippen LogP contribution >= 0.6 is 23.1 Å². The van der Waals surface area contributed by atoms with E-state index in [0.29, 0.717) is 65.6 Å². The number of nitrogens with one attached hydrogen (secondary N) is 1. The maximum Gasteiger partial charge on any atom is 0.320 e. The van der Waals surface area contributed by atoms with Crippen molar-refractivity contribution >= 4 is 39.7 Å². The number of ether oxygens (including phenoxy) is 2. The molecule has 2 aromatic heterocycles. The van der Waals surface area contributed by atoms with E-state index in [1.807, 2.05) is 11.8 Å². The van der Waals surface area contributed by atoms with Crippen LogP contribution in [0.15, 0.2) is 0 Å². The lowest BCUT2D eigenvalue weighted by molar-refractivity contribution is 0.0231. The summed E-state index contributed by atoms with van der Waals surface area (Å²) >= 11 is 3.41. The standard InChI is InChI=1S/C29H35N9O2S2/c30-9-20-23-22(42-24(20)32)13-41-29(23)15-38(16-29)26-21(10-31)25(37-11-18-1-2-19(12-37)33-18)34-27(35-26)40-17-28(3-4-28)14-36-5-7-39-8-6-36/h18-19,33H,1-8,11-17,32H2/t18-,19+. The predicted molar refractivity (Wildman–Crippen MR) is 162 cm³/mol. The van der Waals surface area contributed by atoms with E-state index >= 15 is 0 Å². The van der Waals surface area contributed by atoms with E-state index in [-0.39, 0.29) is 10.2 Å². The van der Waals surface area contributed by atoms with E-state index in [2.05, 4.69) is 32.2 Å². The van der Waals surface area contributed by atoms with E-state index in [1.54, 1.807) is 0 Å². The number of morpholine rings is 1. The summed E-state index contributed by atoms with van der Waals surface area (Å²) in [4.78, 5) is 17.9. The Kier molecular flexibility index (Phi) is 6.47. The van der Waals surface area contributed by atoms with E-state index in [4.69, 9.17) is 25.2 Å². The molecule has 2 atom stereocenters. The van der Waals surface area contributed by atoms with Gasteiger partial charge in [0.1, 0.15) is 22.7 Å². The second kappa shape index (κ2) is 10.1. The lowest BCUT2D eigenvalue weighted by Crippen LogP contribution is -2.57. The second-order valence-corrected chi connectivity index (χ2v) is 15.2. The van der Waals surface area contributed by atoms with E-state index in [1.165, 1.54) is 16.2 Å². The van der Waals surface area contributed by atoms with Crippen molar-refractivity contribution in [2.75, 3.05) is 81.2 Å². The monoisotopic (exact) mass is 605 g/mol. The summed E-state index contributed by atoms with van der Waals surface area (Å²) < 4.78 is 11.8. The number of anilines is 3. The molecular weight excluding hydrogens is 571 g/mol. The van der Waals surface area contributed by atoms with Crippen LogP contribution in [-0.4, -0.2) is 92.6 Å². The number of nitriles is 2. The molecule has 13 heteroatoms. The Morgan fingerprint density at radius 1 is 1.02 bits per heavy atom. The molecule has 11 nitrogen and oxygen atoms in total. The van der Waals surface area contributed by atoms with E-state index in [9.17, 15) is 10.5 Å². The number of aromatic nitrogens is 2. The number of fused-ring (bicyclic) bond motifs is 4. The zero-order valence-electron chi connectivity index (χ0n) is 23.6. The molecule has 0 aromatic carbocycles. The summed E-state index contributed by atoms with van der Waals surface area (Å²) in [6, 6.07) is 6.00. The Balaban J connectivity index is 1.09. The summed E-state index contributed by atoms with van der Waals surface area (Å²) in [5.74, 6) is 2.19. The van der Waals surface area contributed by atoms with Gasteiger partial charge in [-0.1, -0.05) is 0 Å². The zero-order chi connectivity index (χ0) is 28.5. The third kappa shape index (κ3) is 4.49. The van der Waals surface area contributed by atoms with Crippen molar-refractivity contribution in [1.82, 2.24) is 20.2 Å². The van der Waals surface area contributed by atoms with Crippen molar-refractivity contribution in [3.8, 4) is 18.1 Å². The van der Waals surface area contributed by atoms with Crippen LogP contribution in [0.4, 0.5) is 16.6 Å². The number of thiophene rings is 1. The third-order valence-electron chi connectivity index (χ3n) is 9.85. The second-order valence-electron chi connectivity index (χ2n) is 12.8. The van der Waals surface area contributed by atoms with E-state index in [0.717, 1.165) is 82.9 Å². The number of piperazine rings is 1. The zero-order valence-corrected chi connectivity index (χ0v) is 25.2. The highest BCUT2D eigenvalue weighted by Crippen LogP contribution is 2.58. The van der Waals surface area contributed by atoms with Gasteiger partial charge in [0.15, 0.2) is 11.6 Å². The normalized spacial score (nSPS) is 26.9. The van der Waals surface area contributed by atoms with Crippen LogP contribution in [0.25, 0.3) is 0 Å². The first-order chi connectivity index (χ1) is 20.5. The molecular formula is C29H35N9O2S2. The van der Waals surface area contributed by atoms with Crippen molar-refractivity contribution in [1.29, 1.82) is 10.5 Å². The number of nitrogens with two attached hydrogens (primary N) is 1. The SMILES string of the molecule is N#Cc1c(N2C[C@H]3CC[C@@H](C2)N3)nc(OCC2(CN3CCOCC3)CC2)nc1N1CC2(C1)SCc1sc(N)c(C#N)c12. The summed E-state index contributed by atoms with van der Waals surface area (Å²) in [7, 11) is 0. The van der Waals surface area contributed by atoms with Gasteiger partial charge in [-0.3, -0.25) is 4.90 Å². The minimum absolute atomic E-state index is 0.132. The van der Waals surface area contributed by atoms with Gasteiger partial charge < -0.3 is 30.3 Å². The van der Waals surface area contributed by atoms with Gasteiger partial charge in [0.05, 0.1) is 30.1 Å². The third-order valence-corrected chi connectivity index (χ3v) is 12.5. The number of nitrogens with zero attached hydrogens (tertiary/aromatic N) is 7. The molecule has 5 aliphatic heterocycles. The largest absolute Gasteiger partial charge is 0.463 e. The Labute approximate surface area is 254 Å². The number of hydrogen-bond donors (Lipinski definition) is 2. The molecule has 2 bridgehead atoms. The van der Waals surface area contributed by atoms with Crippen molar-refractivity contribution in [3.63, 3.8) is 0 Å². The average molecular weight is 606 g/mol. The fourth-order valence-corrected chi connectivity index (χ4v) is 10.2. The fourth-order valence-electron chi connectivity index (χ4n) is 7.42. The Morgan fingerprint density at radius 2 is 1.71 bits per heavy atom. The van der Waals surface area contributed by atoms with Crippen molar-refractivity contribution in [2.45, 2.75) is 48.3 Å². The molecule has 7 heterocycles. The lowest BCUT2D eigenvalue weighted by atomic mass is 9.88. The number of hydrogen-bond acceptors (Lipinski definition) is 13. The summed E-state index contributed by atoms with van der Waals surface area (Å²) in [5.41, 5.74) is 8.57. The molecule has 3 N–H and O–H groups in total. The van der Waals surface area contributed by atoms with Crippen LogP contribution in [0, 0.1) is 28.1 Å². The number of thioether (sulfide) groups is 1. The summed E-state index contributed by atoms with van der Waals surface area (Å²) in [6.45, 7) is 8.10. The van der Waals surface area contributed by atoms with Crippen molar-refractivity contribution in [3.05, 3.63) is 21.6 Å². The Bertz CT molecular complexity index is 1470. The molecule has 0 radical (unpaired) electrons.